The Labute approximate surface area is 130 Å². The van der Waals surface area contributed by atoms with E-state index < -0.39 is 0 Å². The van der Waals surface area contributed by atoms with Crippen LogP contribution in [-0.2, 0) is 0 Å². The third-order valence-corrected chi connectivity index (χ3v) is 4.09. The van der Waals surface area contributed by atoms with E-state index in [1.807, 2.05) is 42.3 Å². The third-order valence-electron chi connectivity index (χ3n) is 4.09. The molecule has 116 valence electrons. The second kappa shape index (κ2) is 6.75. The highest BCUT2D eigenvalue weighted by atomic mass is 16.5. The summed E-state index contributed by atoms with van der Waals surface area (Å²) in [5.74, 6) is 1.11. The molecule has 1 saturated heterocycles. The zero-order valence-corrected chi connectivity index (χ0v) is 12.8. The molecule has 2 aromatic rings. The maximum atomic E-state index is 12.6. The molecule has 1 aliphatic rings. The van der Waals surface area contributed by atoms with Gasteiger partial charge in [0.15, 0.2) is 11.5 Å². The summed E-state index contributed by atoms with van der Waals surface area (Å²) in [6.45, 7) is 2.53. The van der Waals surface area contributed by atoms with Gasteiger partial charge in [0.25, 0.3) is 5.91 Å². The summed E-state index contributed by atoms with van der Waals surface area (Å²) >= 11 is 0. The van der Waals surface area contributed by atoms with E-state index in [2.05, 4.69) is 10.5 Å². The highest BCUT2D eigenvalue weighted by Crippen LogP contribution is 2.22. The lowest BCUT2D eigenvalue weighted by Crippen LogP contribution is -2.42. The number of carbonyl (C=O) groups excluding carboxylic acids is 1. The van der Waals surface area contributed by atoms with E-state index in [1.165, 1.54) is 6.42 Å². The number of benzene rings is 1. The Hall–Kier alpha value is -2.14. The van der Waals surface area contributed by atoms with Crippen molar-refractivity contribution >= 4 is 5.91 Å². The fourth-order valence-electron chi connectivity index (χ4n) is 2.98. The van der Waals surface area contributed by atoms with Crippen LogP contribution in [0, 0.1) is 5.92 Å². The topological polar surface area (TPSA) is 58.4 Å². The number of hydrogen-bond donors (Lipinski definition) is 1. The summed E-state index contributed by atoms with van der Waals surface area (Å²) in [7, 11) is 1.95. The monoisotopic (exact) mass is 299 g/mol. The van der Waals surface area contributed by atoms with Crippen LogP contribution in [0.4, 0.5) is 0 Å². The first kappa shape index (κ1) is 14.8. The second-order valence-electron chi connectivity index (χ2n) is 5.76. The van der Waals surface area contributed by atoms with Gasteiger partial charge in [0.05, 0.1) is 0 Å². The van der Waals surface area contributed by atoms with Gasteiger partial charge in [-0.2, -0.15) is 0 Å². The van der Waals surface area contributed by atoms with Crippen molar-refractivity contribution < 1.29 is 9.32 Å². The van der Waals surface area contributed by atoms with Gasteiger partial charge in [-0.25, -0.2) is 0 Å². The summed E-state index contributed by atoms with van der Waals surface area (Å²) in [6, 6.07) is 11.4. The Morgan fingerprint density at radius 1 is 1.41 bits per heavy atom. The fourth-order valence-corrected chi connectivity index (χ4v) is 2.98. The van der Waals surface area contributed by atoms with Crippen LogP contribution in [0.2, 0.25) is 0 Å². The van der Waals surface area contributed by atoms with Crippen LogP contribution in [0.25, 0.3) is 11.3 Å². The molecule has 3 rings (SSSR count). The van der Waals surface area contributed by atoms with Gasteiger partial charge >= 0.3 is 0 Å². The summed E-state index contributed by atoms with van der Waals surface area (Å²) < 4.78 is 5.33. The fraction of sp³-hybridized carbons (Fsp3) is 0.412. The molecule has 1 aliphatic heterocycles. The van der Waals surface area contributed by atoms with E-state index in [0.29, 0.717) is 17.4 Å². The van der Waals surface area contributed by atoms with Crippen molar-refractivity contribution in [3.05, 3.63) is 42.1 Å². The van der Waals surface area contributed by atoms with Crippen LogP contribution in [0.5, 0.6) is 0 Å². The van der Waals surface area contributed by atoms with Gasteiger partial charge in [0.1, 0.15) is 0 Å². The zero-order valence-electron chi connectivity index (χ0n) is 12.8. The molecule has 1 aromatic carbocycles. The van der Waals surface area contributed by atoms with E-state index in [9.17, 15) is 4.79 Å². The van der Waals surface area contributed by atoms with Crippen LogP contribution >= 0.6 is 0 Å². The molecule has 5 heteroatoms. The van der Waals surface area contributed by atoms with Gasteiger partial charge in [0.2, 0.25) is 0 Å². The number of nitrogens with zero attached hydrogens (tertiary/aromatic N) is 2. The summed E-state index contributed by atoms with van der Waals surface area (Å²) in [6.07, 6.45) is 2.21. The van der Waals surface area contributed by atoms with Crippen molar-refractivity contribution in [3.63, 3.8) is 0 Å². The van der Waals surface area contributed by atoms with Gasteiger partial charge in [-0.15, -0.1) is 0 Å². The van der Waals surface area contributed by atoms with Crippen molar-refractivity contribution in [2.75, 3.05) is 26.7 Å². The number of likely N-dealkylation sites (tertiary alicyclic amines) is 1. The highest BCUT2D eigenvalue weighted by Gasteiger charge is 2.26. The van der Waals surface area contributed by atoms with Crippen LogP contribution in [0.15, 0.2) is 40.9 Å². The molecular weight excluding hydrogens is 278 g/mol. The second-order valence-corrected chi connectivity index (χ2v) is 5.76. The molecule has 22 heavy (non-hydrogen) atoms. The summed E-state index contributed by atoms with van der Waals surface area (Å²) in [4.78, 5) is 14.5. The lowest BCUT2D eigenvalue weighted by Gasteiger charge is -2.32. The molecule has 1 unspecified atom stereocenters. The van der Waals surface area contributed by atoms with Crippen molar-refractivity contribution in [2.45, 2.75) is 12.8 Å². The molecule has 0 bridgehead atoms. The lowest BCUT2D eigenvalue weighted by molar-refractivity contribution is 0.0664. The molecule has 0 spiro atoms. The number of hydrogen-bond acceptors (Lipinski definition) is 4. The van der Waals surface area contributed by atoms with Gasteiger partial charge in [-0.05, 0) is 32.4 Å². The number of piperidine rings is 1. The van der Waals surface area contributed by atoms with Crippen molar-refractivity contribution in [3.8, 4) is 11.3 Å². The summed E-state index contributed by atoms with van der Waals surface area (Å²) in [5.41, 5.74) is 1.32. The molecule has 2 heterocycles. The van der Waals surface area contributed by atoms with E-state index in [4.69, 9.17) is 4.52 Å². The largest absolute Gasteiger partial charge is 0.355 e. The predicted octanol–water partition coefficient (Wildman–Crippen LogP) is 2.41. The smallest absolute Gasteiger partial charge is 0.276 e. The first-order chi connectivity index (χ1) is 10.8. The molecule has 1 fully saturated rings. The van der Waals surface area contributed by atoms with E-state index in [-0.39, 0.29) is 5.91 Å². The lowest BCUT2D eigenvalue weighted by atomic mass is 9.98. The van der Waals surface area contributed by atoms with Crippen molar-refractivity contribution in [2.24, 2.45) is 5.92 Å². The molecular formula is C17H21N3O2. The Bertz CT molecular complexity index is 622. The molecule has 1 atom stereocenters. The van der Waals surface area contributed by atoms with Gasteiger partial charge in [0, 0.05) is 24.7 Å². The van der Waals surface area contributed by atoms with Crippen molar-refractivity contribution in [1.82, 2.24) is 15.4 Å². The van der Waals surface area contributed by atoms with Gasteiger partial charge in [-0.1, -0.05) is 35.5 Å². The average molecular weight is 299 g/mol. The van der Waals surface area contributed by atoms with Crippen molar-refractivity contribution in [1.29, 1.82) is 0 Å². The molecule has 0 aliphatic carbocycles. The normalized spacial score (nSPS) is 18.4. The number of carbonyl (C=O) groups is 1. The third kappa shape index (κ3) is 3.20. The number of nitrogens with one attached hydrogen (secondary N) is 1. The van der Waals surface area contributed by atoms with E-state index in [0.717, 1.165) is 31.6 Å². The number of amides is 1. The Balaban J connectivity index is 1.71. The first-order valence-corrected chi connectivity index (χ1v) is 7.74. The molecule has 1 N–H and O–H groups in total. The Kier molecular flexibility index (Phi) is 4.53. The van der Waals surface area contributed by atoms with Crippen LogP contribution in [0.3, 0.4) is 0 Å². The van der Waals surface area contributed by atoms with E-state index >= 15 is 0 Å². The number of rotatable bonds is 4. The van der Waals surface area contributed by atoms with Crippen LogP contribution in [0.1, 0.15) is 23.3 Å². The Morgan fingerprint density at radius 3 is 3.00 bits per heavy atom. The molecule has 1 amide bonds. The standard InChI is InChI=1S/C17H21N3O2/c1-18-11-13-6-5-9-20(12-13)17(21)15-10-16(22-19-15)14-7-3-2-4-8-14/h2-4,7-8,10,13,18H,5-6,9,11-12H2,1H3. The molecule has 1 aromatic heterocycles. The van der Waals surface area contributed by atoms with E-state index in [1.54, 1.807) is 6.07 Å². The number of aromatic nitrogens is 1. The predicted molar refractivity (Wildman–Crippen MR) is 84.5 cm³/mol. The Morgan fingerprint density at radius 2 is 2.23 bits per heavy atom. The maximum Gasteiger partial charge on any atom is 0.276 e. The molecule has 0 radical (unpaired) electrons. The minimum absolute atomic E-state index is 0.0354. The van der Waals surface area contributed by atoms with Gasteiger partial charge in [-0.3, -0.25) is 4.79 Å². The zero-order chi connectivity index (χ0) is 15.4. The maximum absolute atomic E-state index is 12.6. The minimum atomic E-state index is -0.0354. The van der Waals surface area contributed by atoms with Crippen LogP contribution < -0.4 is 5.32 Å². The first-order valence-electron chi connectivity index (χ1n) is 7.74. The SMILES string of the molecule is CNCC1CCCN(C(=O)c2cc(-c3ccccc3)on2)C1. The van der Waals surface area contributed by atoms with Crippen LogP contribution in [-0.4, -0.2) is 42.6 Å². The highest BCUT2D eigenvalue weighted by molar-refractivity contribution is 5.93. The quantitative estimate of drug-likeness (QED) is 0.942. The molecule has 5 nitrogen and oxygen atoms in total. The average Bonchev–Trinajstić information content (AvgIpc) is 3.05. The molecule has 0 saturated carbocycles. The summed E-state index contributed by atoms with van der Waals surface area (Å²) in [5, 5.41) is 7.15. The van der Waals surface area contributed by atoms with Gasteiger partial charge < -0.3 is 14.7 Å². The minimum Gasteiger partial charge on any atom is -0.355 e.